The molecule has 122 valence electrons. The Morgan fingerprint density at radius 1 is 1.32 bits per heavy atom. The summed E-state index contributed by atoms with van der Waals surface area (Å²) < 4.78 is 5.60. The van der Waals surface area contributed by atoms with E-state index in [0.29, 0.717) is 0 Å². The zero-order valence-corrected chi connectivity index (χ0v) is 14.6. The SMILES string of the molecule is CC(C)(C)c1csc([C@@H]2CCCCN2C(=O)[C@H]2CCCO2)n1. The van der Waals surface area contributed by atoms with Crippen molar-refractivity contribution in [2.24, 2.45) is 0 Å². The molecule has 4 nitrogen and oxygen atoms in total. The molecule has 0 N–H and O–H groups in total. The van der Waals surface area contributed by atoms with Crippen LogP contribution in [-0.4, -0.2) is 35.0 Å². The summed E-state index contributed by atoms with van der Waals surface area (Å²) in [5.74, 6) is 0.176. The zero-order valence-electron chi connectivity index (χ0n) is 13.8. The average Bonchev–Trinajstić information content (AvgIpc) is 3.17. The Morgan fingerprint density at radius 3 is 2.77 bits per heavy atom. The third-order valence-electron chi connectivity index (χ3n) is 4.57. The van der Waals surface area contributed by atoms with E-state index in [-0.39, 0.29) is 23.5 Å². The molecule has 0 aromatic carbocycles. The van der Waals surface area contributed by atoms with E-state index < -0.39 is 0 Å². The fourth-order valence-corrected chi connectivity index (χ4v) is 4.39. The molecule has 1 aromatic rings. The highest BCUT2D eigenvalue weighted by molar-refractivity contribution is 7.09. The van der Waals surface area contributed by atoms with Gasteiger partial charge in [-0.05, 0) is 32.1 Å². The molecule has 0 spiro atoms. The summed E-state index contributed by atoms with van der Waals surface area (Å²) >= 11 is 1.70. The number of carbonyl (C=O) groups is 1. The number of hydrogen-bond acceptors (Lipinski definition) is 4. The highest BCUT2D eigenvalue weighted by atomic mass is 32.1. The maximum atomic E-state index is 12.8. The zero-order chi connectivity index (χ0) is 15.7. The van der Waals surface area contributed by atoms with Gasteiger partial charge in [-0.2, -0.15) is 0 Å². The summed E-state index contributed by atoms with van der Waals surface area (Å²) in [6, 6.07) is 0.145. The van der Waals surface area contributed by atoms with Crippen molar-refractivity contribution < 1.29 is 9.53 Å². The number of carbonyl (C=O) groups excluding carboxylic acids is 1. The lowest BCUT2D eigenvalue weighted by Gasteiger charge is -2.36. The Morgan fingerprint density at radius 2 is 2.14 bits per heavy atom. The minimum Gasteiger partial charge on any atom is -0.368 e. The first-order valence-electron chi connectivity index (χ1n) is 8.35. The average molecular weight is 322 g/mol. The lowest BCUT2D eigenvalue weighted by Crippen LogP contribution is -2.43. The number of ether oxygens (including phenoxy) is 1. The van der Waals surface area contributed by atoms with Crippen molar-refractivity contribution in [3.8, 4) is 0 Å². The Kier molecular flexibility index (Phi) is 4.55. The first-order valence-corrected chi connectivity index (χ1v) is 9.23. The molecule has 2 fully saturated rings. The number of piperidine rings is 1. The van der Waals surface area contributed by atoms with Gasteiger partial charge in [-0.25, -0.2) is 4.98 Å². The largest absolute Gasteiger partial charge is 0.368 e. The molecule has 2 aliphatic heterocycles. The molecule has 1 amide bonds. The molecular formula is C17H26N2O2S. The molecule has 2 saturated heterocycles. The Balaban J connectivity index is 1.80. The van der Waals surface area contributed by atoms with Crippen molar-refractivity contribution >= 4 is 17.2 Å². The van der Waals surface area contributed by atoms with Crippen LogP contribution in [0.3, 0.4) is 0 Å². The van der Waals surface area contributed by atoms with E-state index >= 15 is 0 Å². The van der Waals surface area contributed by atoms with Gasteiger partial charge >= 0.3 is 0 Å². The van der Waals surface area contributed by atoms with Gasteiger partial charge in [0.2, 0.25) is 0 Å². The van der Waals surface area contributed by atoms with Crippen LogP contribution in [0, 0.1) is 0 Å². The monoisotopic (exact) mass is 322 g/mol. The number of likely N-dealkylation sites (tertiary alicyclic amines) is 1. The second-order valence-electron chi connectivity index (χ2n) is 7.37. The van der Waals surface area contributed by atoms with Gasteiger partial charge in [-0.15, -0.1) is 11.3 Å². The second-order valence-corrected chi connectivity index (χ2v) is 8.26. The quantitative estimate of drug-likeness (QED) is 0.834. The van der Waals surface area contributed by atoms with E-state index in [0.717, 1.165) is 49.5 Å². The molecule has 0 saturated carbocycles. The molecule has 3 heterocycles. The smallest absolute Gasteiger partial charge is 0.252 e. The first kappa shape index (κ1) is 15.9. The summed E-state index contributed by atoms with van der Waals surface area (Å²) in [4.78, 5) is 19.6. The summed E-state index contributed by atoms with van der Waals surface area (Å²) in [6.07, 6.45) is 4.93. The van der Waals surface area contributed by atoms with Crippen LogP contribution < -0.4 is 0 Å². The van der Waals surface area contributed by atoms with E-state index in [1.54, 1.807) is 11.3 Å². The number of nitrogens with zero attached hydrogens (tertiary/aromatic N) is 2. The molecule has 22 heavy (non-hydrogen) atoms. The number of hydrogen-bond donors (Lipinski definition) is 0. The number of thiazole rings is 1. The van der Waals surface area contributed by atoms with Crippen molar-refractivity contribution in [2.45, 2.75) is 70.4 Å². The fraction of sp³-hybridized carbons (Fsp3) is 0.765. The standard InChI is InChI=1S/C17H26N2O2S/c1-17(2,3)14-11-22-15(18-14)12-7-4-5-9-19(12)16(20)13-8-6-10-21-13/h11-13H,4-10H2,1-3H3/t12-,13+/m0/s1. The highest BCUT2D eigenvalue weighted by Crippen LogP contribution is 2.36. The topological polar surface area (TPSA) is 42.4 Å². The maximum Gasteiger partial charge on any atom is 0.252 e. The minimum absolute atomic E-state index is 0.0623. The van der Waals surface area contributed by atoms with Gasteiger partial charge in [-0.1, -0.05) is 20.8 Å². The summed E-state index contributed by atoms with van der Waals surface area (Å²) in [5.41, 5.74) is 1.19. The molecular weight excluding hydrogens is 296 g/mol. The van der Waals surface area contributed by atoms with Gasteiger partial charge in [0.25, 0.3) is 5.91 Å². The van der Waals surface area contributed by atoms with Crippen molar-refractivity contribution in [1.82, 2.24) is 9.88 Å². The third-order valence-corrected chi connectivity index (χ3v) is 5.51. The van der Waals surface area contributed by atoms with Crippen LogP contribution in [0.4, 0.5) is 0 Å². The van der Waals surface area contributed by atoms with Crippen molar-refractivity contribution in [3.05, 3.63) is 16.1 Å². The van der Waals surface area contributed by atoms with Crippen LogP contribution in [0.15, 0.2) is 5.38 Å². The van der Waals surface area contributed by atoms with Crippen LogP contribution in [0.2, 0.25) is 0 Å². The van der Waals surface area contributed by atoms with E-state index in [1.807, 2.05) is 4.90 Å². The molecule has 5 heteroatoms. The van der Waals surface area contributed by atoms with Gasteiger partial charge in [-0.3, -0.25) is 4.79 Å². The van der Waals surface area contributed by atoms with E-state index in [2.05, 4.69) is 26.2 Å². The molecule has 0 radical (unpaired) electrons. The van der Waals surface area contributed by atoms with Crippen molar-refractivity contribution in [1.29, 1.82) is 0 Å². The Labute approximate surface area is 136 Å². The van der Waals surface area contributed by atoms with Crippen LogP contribution in [0.1, 0.15) is 69.6 Å². The maximum absolute atomic E-state index is 12.8. The molecule has 2 atom stereocenters. The van der Waals surface area contributed by atoms with Crippen molar-refractivity contribution in [3.63, 3.8) is 0 Å². The predicted octanol–water partition coefficient (Wildman–Crippen LogP) is 3.67. The van der Waals surface area contributed by atoms with E-state index in [4.69, 9.17) is 9.72 Å². The Bertz CT molecular complexity index is 529. The van der Waals surface area contributed by atoms with E-state index in [1.165, 1.54) is 6.42 Å². The lowest BCUT2D eigenvalue weighted by atomic mass is 9.93. The molecule has 3 rings (SSSR count). The van der Waals surface area contributed by atoms with Crippen LogP contribution in [0.5, 0.6) is 0 Å². The van der Waals surface area contributed by atoms with Crippen LogP contribution >= 0.6 is 11.3 Å². The lowest BCUT2D eigenvalue weighted by molar-refractivity contribution is -0.145. The predicted molar refractivity (Wildman–Crippen MR) is 88.1 cm³/mol. The minimum atomic E-state index is -0.220. The molecule has 0 aliphatic carbocycles. The van der Waals surface area contributed by atoms with Gasteiger partial charge in [0.15, 0.2) is 0 Å². The van der Waals surface area contributed by atoms with Crippen molar-refractivity contribution in [2.75, 3.05) is 13.2 Å². The second kappa shape index (κ2) is 6.28. The summed E-state index contributed by atoms with van der Waals surface area (Å²) in [7, 11) is 0. The normalized spacial score (nSPS) is 26.4. The third kappa shape index (κ3) is 3.20. The van der Waals surface area contributed by atoms with Gasteiger partial charge in [0.05, 0.1) is 11.7 Å². The van der Waals surface area contributed by atoms with Gasteiger partial charge in [0, 0.05) is 23.9 Å². The molecule has 0 unspecified atom stereocenters. The number of aromatic nitrogens is 1. The number of rotatable bonds is 2. The van der Waals surface area contributed by atoms with Gasteiger partial charge < -0.3 is 9.64 Å². The molecule has 1 aromatic heterocycles. The number of amides is 1. The fourth-order valence-electron chi connectivity index (χ4n) is 3.19. The molecule has 2 aliphatic rings. The summed E-state index contributed by atoms with van der Waals surface area (Å²) in [6.45, 7) is 8.11. The van der Waals surface area contributed by atoms with Gasteiger partial charge in [0.1, 0.15) is 11.1 Å². The first-order chi connectivity index (χ1) is 10.5. The van der Waals surface area contributed by atoms with Crippen LogP contribution in [-0.2, 0) is 14.9 Å². The molecule has 0 bridgehead atoms. The van der Waals surface area contributed by atoms with E-state index in [9.17, 15) is 4.79 Å². The Hall–Kier alpha value is -0.940. The summed E-state index contributed by atoms with van der Waals surface area (Å²) in [5, 5.41) is 3.24. The van der Waals surface area contributed by atoms with Crippen LogP contribution in [0.25, 0.3) is 0 Å². The highest BCUT2D eigenvalue weighted by Gasteiger charge is 2.36.